The minimum absolute atomic E-state index is 0.211. The van der Waals surface area contributed by atoms with Crippen molar-refractivity contribution in [3.63, 3.8) is 0 Å². The van der Waals surface area contributed by atoms with Gasteiger partial charge in [0, 0.05) is 0 Å². The Balaban J connectivity index is 2.23. The minimum atomic E-state index is -1.09. The lowest BCUT2D eigenvalue weighted by Crippen LogP contribution is -2.54. The van der Waals surface area contributed by atoms with Gasteiger partial charge in [0.15, 0.2) is 5.17 Å². The van der Waals surface area contributed by atoms with E-state index in [4.69, 9.17) is 0 Å². The molecule has 2 atom stereocenters. The molecule has 1 aliphatic rings. The number of nitrogens with one attached hydrogen (secondary N) is 1. The van der Waals surface area contributed by atoms with Gasteiger partial charge in [0.05, 0.1) is 11.6 Å². The molecule has 0 aromatic heterocycles. The molecule has 0 radical (unpaired) electrons. The average Bonchev–Trinajstić information content (AvgIpc) is 2.82. The van der Waals surface area contributed by atoms with Gasteiger partial charge in [-0.15, -0.1) is 0 Å². The third-order valence-corrected chi connectivity index (χ3v) is 6.05. The normalized spacial score (nSPS) is 24.8. The molecule has 2 rings (SSSR count). The molecule has 126 valence electrons. The van der Waals surface area contributed by atoms with E-state index in [1.165, 1.54) is 23.9 Å². The molecule has 0 saturated carbocycles. The topological polar surface area (TPSA) is 61.7 Å². The second-order valence-electron chi connectivity index (χ2n) is 5.99. The Labute approximate surface area is 140 Å². The van der Waals surface area contributed by atoms with Crippen LogP contribution >= 0.6 is 11.8 Å². The highest BCUT2D eigenvalue weighted by atomic mass is 32.2. The summed E-state index contributed by atoms with van der Waals surface area (Å²) in [7, 11) is 0. The molecular weight excluding hydrogens is 315 g/mol. The van der Waals surface area contributed by atoms with Gasteiger partial charge in [-0.25, -0.2) is 4.39 Å². The highest BCUT2D eigenvalue weighted by Gasteiger charge is 2.55. The summed E-state index contributed by atoms with van der Waals surface area (Å²) in [5.41, 5.74) is -0.221. The molecule has 0 unspecified atom stereocenters. The number of benzene rings is 1. The molecule has 1 amide bonds. The van der Waals surface area contributed by atoms with Gasteiger partial charge in [0.25, 0.3) is 0 Å². The van der Waals surface area contributed by atoms with E-state index >= 15 is 0 Å². The van der Waals surface area contributed by atoms with E-state index in [0.29, 0.717) is 18.0 Å². The van der Waals surface area contributed by atoms with Gasteiger partial charge in [-0.05, 0) is 44.4 Å². The van der Waals surface area contributed by atoms with Crippen molar-refractivity contribution in [2.75, 3.05) is 0 Å². The molecule has 1 saturated heterocycles. The summed E-state index contributed by atoms with van der Waals surface area (Å²) < 4.78 is 12.0. The summed E-state index contributed by atoms with van der Waals surface area (Å²) in [5.74, 6) is -0.514. The van der Waals surface area contributed by atoms with E-state index in [1.807, 2.05) is 20.8 Å². The summed E-state index contributed by atoms with van der Waals surface area (Å²) >= 11 is 1.27. The van der Waals surface area contributed by atoms with Gasteiger partial charge in [0.1, 0.15) is 10.6 Å². The predicted molar refractivity (Wildman–Crippen MR) is 91.9 cm³/mol. The molecule has 1 aromatic rings. The molecule has 0 spiro atoms. The zero-order valence-corrected chi connectivity index (χ0v) is 14.7. The lowest BCUT2D eigenvalue weighted by molar-refractivity contribution is -0.128. The van der Waals surface area contributed by atoms with Gasteiger partial charge in [-0.2, -0.15) is 0 Å². The van der Waals surface area contributed by atoms with Gasteiger partial charge in [-0.3, -0.25) is 9.79 Å². The van der Waals surface area contributed by atoms with Crippen LogP contribution in [0.4, 0.5) is 4.39 Å². The van der Waals surface area contributed by atoms with Crippen molar-refractivity contribution in [1.29, 1.82) is 0 Å². The number of hydrogen-bond acceptors (Lipinski definition) is 4. The van der Waals surface area contributed by atoms with Crippen LogP contribution in [0.25, 0.3) is 0 Å². The lowest BCUT2D eigenvalue weighted by Gasteiger charge is -2.37. The second-order valence-corrected chi connectivity index (χ2v) is 7.40. The maximum atomic E-state index is 13.0. The van der Waals surface area contributed by atoms with Crippen molar-refractivity contribution in [3.05, 3.63) is 35.6 Å². The first kappa shape index (κ1) is 17.9. The third-order valence-electron chi connectivity index (χ3n) is 4.68. The quantitative estimate of drug-likeness (QED) is 0.865. The number of halogens is 1. The molecule has 1 aromatic carbocycles. The van der Waals surface area contributed by atoms with E-state index < -0.39 is 10.3 Å². The number of amides is 1. The van der Waals surface area contributed by atoms with Gasteiger partial charge < -0.3 is 10.4 Å². The Kier molecular flexibility index (Phi) is 5.16. The fraction of sp³-hybridized carbons (Fsp3) is 0.529. The first-order valence-corrected chi connectivity index (χ1v) is 8.63. The van der Waals surface area contributed by atoms with Crippen LogP contribution < -0.4 is 5.32 Å². The van der Waals surface area contributed by atoms with Gasteiger partial charge >= 0.3 is 0 Å². The number of rotatable bonds is 5. The number of nitrogens with zero attached hydrogens (tertiary/aromatic N) is 1. The summed E-state index contributed by atoms with van der Waals surface area (Å²) in [6, 6.07) is 5.93. The molecule has 1 fully saturated rings. The Morgan fingerprint density at radius 2 is 1.91 bits per heavy atom. The van der Waals surface area contributed by atoms with Crippen LogP contribution in [0.5, 0.6) is 0 Å². The molecule has 1 aliphatic heterocycles. The van der Waals surface area contributed by atoms with E-state index in [-0.39, 0.29) is 17.8 Å². The Morgan fingerprint density at radius 1 is 1.35 bits per heavy atom. The van der Waals surface area contributed by atoms with Crippen LogP contribution in [0.2, 0.25) is 0 Å². The summed E-state index contributed by atoms with van der Waals surface area (Å²) in [5, 5.41) is 14.0. The SMILES string of the molecule is CCC(O)(CC)[C@]1(C)SC(=N[C@@H](C)c2ccc(F)cc2)NC1=O. The van der Waals surface area contributed by atoms with Crippen LogP contribution in [0.3, 0.4) is 0 Å². The standard InChI is InChI=1S/C17H23FN2O2S/c1-5-17(22,6-2)16(4)14(21)20-15(23-16)19-11(3)12-7-9-13(18)10-8-12/h7-11,22H,5-6H2,1-4H3,(H,19,20,21)/t11-,16+/m0/s1. The number of hydrogen-bond donors (Lipinski definition) is 2. The van der Waals surface area contributed by atoms with Crippen LogP contribution in [0.15, 0.2) is 29.3 Å². The number of thioether (sulfide) groups is 1. The molecular formula is C17H23FN2O2S. The predicted octanol–water partition coefficient (Wildman–Crippen LogP) is 3.42. The minimum Gasteiger partial charge on any atom is -0.388 e. The van der Waals surface area contributed by atoms with E-state index in [1.54, 1.807) is 19.1 Å². The highest BCUT2D eigenvalue weighted by Crippen LogP contribution is 2.44. The molecule has 1 heterocycles. The number of carbonyl (C=O) groups excluding carboxylic acids is 1. The van der Waals surface area contributed by atoms with E-state index in [9.17, 15) is 14.3 Å². The monoisotopic (exact) mass is 338 g/mol. The zero-order chi connectivity index (χ0) is 17.3. The van der Waals surface area contributed by atoms with E-state index in [0.717, 1.165) is 5.56 Å². The maximum Gasteiger partial charge on any atom is 0.245 e. The molecule has 0 aliphatic carbocycles. The lowest BCUT2D eigenvalue weighted by atomic mass is 9.82. The summed E-state index contributed by atoms with van der Waals surface area (Å²) in [6.07, 6.45) is 0.975. The van der Waals surface area contributed by atoms with Crippen molar-refractivity contribution in [1.82, 2.24) is 5.32 Å². The number of aliphatic imine (C=N–C) groups is 1. The fourth-order valence-corrected chi connectivity index (χ4v) is 4.13. The number of amidine groups is 1. The van der Waals surface area contributed by atoms with Crippen molar-refractivity contribution in [2.45, 2.75) is 56.9 Å². The Morgan fingerprint density at radius 3 is 2.43 bits per heavy atom. The number of carbonyl (C=O) groups is 1. The second kappa shape index (κ2) is 6.61. The number of aliphatic hydroxyl groups is 1. The van der Waals surface area contributed by atoms with Crippen molar-refractivity contribution >= 4 is 22.8 Å². The summed E-state index contributed by atoms with van der Waals surface area (Å²) in [4.78, 5) is 16.9. The molecule has 2 N–H and O–H groups in total. The van der Waals surface area contributed by atoms with Gasteiger partial charge in [-0.1, -0.05) is 37.7 Å². The maximum absolute atomic E-state index is 13.0. The largest absolute Gasteiger partial charge is 0.388 e. The van der Waals surface area contributed by atoms with Crippen LogP contribution in [0, 0.1) is 5.82 Å². The van der Waals surface area contributed by atoms with Gasteiger partial charge in [0.2, 0.25) is 5.91 Å². The first-order valence-electron chi connectivity index (χ1n) is 7.82. The van der Waals surface area contributed by atoms with Crippen molar-refractivity contribution < 1.29 is 14.3 Å². The van der Waals surface area contributed by atoms with Crippen molar-refractivity contribution in [3.8, 4) is 0 Å². The Bertz CT molecular complexity index is 614. The molecule has 0 bridgehead atoms. The molecule has 4 nitrogen and oxygen atoms in total. The van der Waals surface area contributed by atoms with Crippen LogP contribution in [-0.4, -0.2) is 26.5 Å². The van der Waals surface area contributed by atoms with E-state index in [2.05, 4.69) is 10.3 Å². The first-order chi connectivity index (χ1) is 10.8. The molecule has 23 heavy (non-hydrogen) atoms. The summed E-state index contributed by atoms with van der Waals surface area (Å²) in [6.45, 7) is 7.39. The Hall–Kier alpha value is -1.40. The highest BCUT2D eigenvalue weighted by molar-refractivity contribution is 8.16. The fourth-order valence-electron chi connectivity index (χ4n) is 2.76. The third kappa shape index (κ3) is 3.28. The smallest absolute Gasteiger partial charge is 0.245 e. The zero-order valence-electron chi connectivity index (χ0n) is 13.9. The average molecular weight is 338 g/mol. The molecule has 6 heteroatoms. The van der Waals surface area contributed by atoms with Crippen molar-refractivity contribution in [2.24, 2.45) is 4.99 Å². The van der Waals surface area contributed by atoms with Crippen LogP contribution in [0.1, 0.15) is 52.1 Å². The van der Waals surface area contributed by atoms with Crippen LogP contribution in [-0.2, 0) is 4.79 Å².